The second kappa shape index (κ2) is 6.93. The number of halogens is 3. The zero-order valence-corrected chi connectivity index (χ0v) is 13.1. The first-order chi connectivity index (χ1) is 11.2. The van der Waals surface area contributed by atoms with Crippen molar-refractivity contribution in [3.63, 3.8) is 0 Å². The lowest BCUT2D eigenvalue weighted by Crippen LogP contribution is -2.13. The van der Waals surface area contributed by atoms with Crippen molar-refractivity contribution in [3.8, 4) is 6.07 Å². The standard InChI is InChI=1S/C16H11F3N2O2S/c1-9-7-12(16(17,18)19)11(8-20)14(21-9)24-13(15(22)23)10-5-3-2-4-6-10/h2-7,13H,1H3,(H,22,23). The number of rotatable bonds is 4. The van der Waals surface area contributed by atoms with Crippen LogP contribution in [0.4, 0.5) is 13.2 Å². The van der Waals surface area contributed by atoms with Gasteiger partial charge in [0, 0.05) is 5.69 Å². The minimum Gasteiger partial charge on any atom is -0.480 e. The van der Waals surface area contributed by atoms with E-state index in [4.69, 9.17) is 5.26 Å². The molecule has 0 fully saturated rings. The Morgan fingerprint density at radius 2 is 1.96 bits per heavy atom. The van der Waals surface area contributed by atoms with Crippen molar-refractivity contribution in [3.05, 3.63) is 58.8 Å². The summed E-state index contributed by atoms with van der Waals surface area (Å²) >= 11 is 0.612. The Hall–Kier alpha value is -2.53. The van der Waals surface area contributed by atoms with E-state index in [1.807, 2.05) is 0 Å². The SMILES string of the molecule is Cc1cc(C(F)(F)F)c(C#N)c(SC(C(=O)O)c2ccccc2)n1. The lowest BCUT2D eigenvalue weighted by Gasteiger charge is -2.16. The lowest BCUT2D eigenvalue weighted by atomic mass is 10.1. The van der Waals surface area contributed by atoms with Crippen molar-refractivity contribution >= 4 is 17.7 Å². The second-order valence-electron chi connectivity index (χ2n) is 4.85. The summed E-state index contributed by atoms with van der Waals surface area (Å²) in [7, 11) is 0. The van der Waals surface area contributed by atoms with Crippen molar-refractivity contribution in [2.45, 2.75) is 23.4 Å². The number of nitrogens with zero attached hydrogens (tertiary/aromatic N) is 2. The van der Waals surface area contributed by atoms with Gasteiger partial charge in [0.25, 0.3) is 0 Å². The molecule has 24 heavy (non-hydrogen) atoms. The molecule has 124 valence electrons. The largest absolute Gasteiger partial charge is 0.480 e. The maximum absolute atomic E-state index is 13.1. The van der Waals surface area contributed by atoms with E-state index in [2.05, 4.69) is 4.98 Å². The fourth-order valence-electron chi connectivity index (χ4n) is 2.06. The number of carbonyl (C=O) groups is 1. The van der Waals surface area contributed by atoms with Crippen LogP contribution in [0.25, 0.3) is 0 Å². The summed E-state index contributed by atoms with van der Waals surface area (Å²) in [6.45, 7) is 1.36. The molecule has 1 atom stereocenters. The highest BCUT2D eigenvalue weighted by Crippen LogP contribution is 2.40. The van der Waals surface area contributed by atoms with Gasteiger partial charge in [-0.15, -0.1) is 0 Å². The average molecular weight is 352 g/mol. The first-order valence-electron chi connectivity index (χ1n) is 6.67. The highest BCUT2D eigenvalue weighted by atomic mass is 32.2. The van der Waals surface area contributed by atoms with Crippen LogP contribution in [0.15, 0.2) is 41.4 Å². The summed E-state index contributed by atoms with van der Waals surface area (Å²) in [5.41, 5.74) is -1.32. The maximum atomic E-state index is 13.1. The molecule has 8 heteroatoms. The molecule has 1 N–H and O–H groups in total. The molecule has 0 spiro atoms. The third-order valence-electron chi connectivity index (χ3n) is 3.09. The van der Waals surface area contributed by atoms with Crippen LogP contribution in [0.2, 0.25) is 0 Å². The van der Waals surface area contributed by atoms with E-state index in [1.165, 1.54) is 13.0 Å². The van der Waals surface area contributed by atoms with E-state index < -0.39 is 28.5 Å². The highest BCUT2D eigenvalue weighted by molar-refractivity contribution is 8.00. The van der Waals surface area contributed by atoms with E-state index in [0.717, 1.165) is 6.07 Å². The van der Waals surface area contributed by atoms with Gasteiger partial charge in [-0.25, -0.2) is 4.98 Å². The summed E-state index contributed by atoms with van der Waals surface area (Å²) < 4.78 is 39.3. The monoisotopic (exact) mass is 352 g/mol. The van der Waals surface area contributed by atoms with Crippen molar-refractivity contribution in [2.75, 3.05) is 0 Å². The van der Waals surface area contributed by atoms with Gasteiger partial charge in [-0.1, -0.05) is 42.1 Å². The van der Waals surface area contributed by atoms with Crippen LogP contribution in [0.5, 0.6) is 0 Å². The Labute approximate surface area is 140 Å². The molecule has 0 aliphatic carbocycles. The molecular weight excluding hydrogens is 341 g/mol. The molecule has 1 heterocycles. The van der Waals surface area contributed by atoms with Crippen LogP contribution in [0, 0.1) is 18.3 Å². The normalized spacial score (nSPS) is 12.5. The number of aryl methyl sites for hydroxylation is 1. The van der Waals surface area contributed by atoms with Gasteiger partial charge >= 0.3 is 12.1 Å². The van der Waals surface area contributed by atoms with Crippen molar-refractivity contribution < 1.29 is 23.1 Å². The van der Waals surface area contributed by atoms with Crippen molar-refractivity contribution in [2.24, 2.45) is 0 Å². The van der Waals surface area contributed by atoms with Crippen LogP contribution in [0.1, 0.15) is 27.6 Å². The summed E-state index contributed by atoms with van der Waals surface area (Å²) in [6, 6.07) is 10.3. The van der Waals surface area contributed by atoms with Crippen molar-refractivity contribution in [1.29, 1.82) is 5.26 Å². The summed E-state index contributed by atoms with van der Waals surface area (Å²) in [6.07, 6.45) is -4.72. The van der Waals surface area contributed by atoms with Gasteiger partial charge in [0.1, 0.15) is 16.3 Å². The van der Waals surface area contributed by atoms with Gasteiger partial charge in [-0.05, 0) is 18.6 Å². The van der Waals surface area contributed by atoms with Gasteiger partial charge in [-0.3, -0.25) is 4.79 Å². The van der Waals surface area contributed by atoms with E-state index in [9.17, 15) is 23.1 Å². The average Bonchev–Trinajstić information content (AvgIpc) is 2.51. The van der Waals surface area contributed by atoms with Crippen LogP contribution >= 0.6 is 11.8 Å². The summed E-state index contributed by atoms with van der Waals surface area (Å²) in [5.74, 6) is -1.23. The highest BCUT2D eigenvalue weighted by Gasteiger charge is 2.36. The summed E-state index contributed by atoms with van der Waals surface area (Å²) in [4.78, 5) is 15.5. The zero-order chi connectivity index (χ0) is 17.9. The lowest BCUT2D eigenvalue weighted by molar-refractivity contribution is -0.138. The molecule has 0 saturated carbocycles. The predicted molar refractivity (Wildman–Crippen MR) is 81.4 cm³/mol. The van der Waals surface area contributed by atoms with Crippen LogP contribution in [0.3, 0.4) is 0 Å². The van der Waals surface area contributed by atoms with Crippen LogP contribution in [-0.2, 0) is 11.0 Å². The van der Waals surface area contributed by atoms with Gasteiger partial charge in [-0.2, -0.15) is 18.4 Å². The third-order valence-corrected chi connectivity index (χ3v) is 4.32. The van der Waals surface area contributed by atoms with Gasteiger partial charge in [0.2, 0.25) is 0 Å². The fourth-order valence-corrected chi connectivity index (χ4v) is 3.15. The molecule has 1 unspecified atom stereocenters. The Kier molecular flexibility index (Phi) is 5.14. The number of carboxylic acid groups (broad SMARTS) is 1. The minimum atomic E-state index is -4.72. The Balaban J connectivity index is 2.54. The molecule has 2 rings (SSSR count). The molecule has 0 aliphatic heterocycles. The van der Waals surface area contributed by atoms with Crippen LogP contribution in [-0.4, -0.2) is 16.1 Å². The number of carboxylic acids is 1. The Morgan fingerprint density at radius 3 is 2.46 bits per heavy atom. The zero-order valence-electron chi connectivity index (χ0n) is 12.3. The number of benzene rings is 1. The number of hydrogen-bond acceptors (Lipinski definition) is 4. The molecule has 0 saturated heterocycles. The van der Waals surface area contributed by atoms with Gasteiger partial charge in [0.15, 0.2) is 0 Å². The number of pyridine rings is 1. The van der Waals surface area contributed by atoms with Crippen LogP contribution < -0.4 is 0 Å². The fraction of sp³-hybridized carbons (Fsp3) is 0.188. The molecule has 0 radical (unpaired) electrons. The van der Waals surface area contributed by atoms with E-state index in [-0.39, 0.29) is 10.7 Å². The smallest absolute Gasteiger partial charge is 0.417 e. The van der Waals surface area contributed by atoms with E-state index in [0.29, 0.717) is 17.3 Å². The number of nitriles is 1. The van der Waals surface area contributed by atoms with E-state index in [1.54, 1.807) is 30.3 Å². The van der Waals surface area contributed by atoms with E-state index >= 15 is 0 Å². The number of hydrogen-bond donors (Lipinski definition) is 1. The molecule has 0 bridgehead atoms. The molecule has 2 aromatic rings. The van der Waals surface area contributed by atoms with Gasteiger partial charge in [0.05, 0.1) is 11.1 Å². The Bertz CT molecular complexity index is 801. The maximum Gasteiger partial charge on any atom is 0.417 e. The van der Waals surface area contributed by atoms with Crippen molar-refractivity contribution in [1.82, 2.24) is 4.98 Å². The Morgan fingerprint density at radius 1 is 1.33 bits per heavy atom. The number of aromatic nitrogens is 1. The molecular formula is C16H11F3N2O2S. The molecule has 4 nitrogen and oxygen atoms in total. The first kappa shape index (κ1) is 17.8. The molecule has 0 amide bonds. The second-order valence-corrected chi connectivity index (χ2v) is 5.94. The topological polar surface area (TPSA) is 74.0 Å². The quantitative estimate of drug-likeness (QED) is 0.835. The summed E-state index contributed by atoms with van der Waals surface area (Å²) in [5, 5.41) is 17.1. The molecule has 1 aromatic heterocycles. The minimum absolute atomic E-state index is 0.0565. The van der Waals surface area contributed by atoms with Gasteiger partial charge < -0.3 is 5.11 Å². The number of alkyl halides is 3. The molecule has 1 aromatic carbocycles. The number of aliphatic carboxylic acids is 1. The first-order valence-corrected chi connectivity index (χ1v) is 7.55. The third kappa shape index (κ3) is 3.86. The number of thioether (sulfide) groups is 1. The predicted octanol–water partition coefficient (Wildman–Crippen LogP) is 4.20. The molecule has 0 aliphatic rings.